The highest BCUT2D eigenvalue weighted by Crippen LogP contribution is 2.67. The van der Waals surface area contributed by atoms with E-state index in [-0.39, 0.29) is 35.0 Å². The minimum absolute atomic E-state index is 0.00743. The molecule has 6 heteroatoms. The summed E-state index contributed by atoms with van der Waals surface area (Å²) in [6, 6.07) is 0. The molecular formula is C74H124O6. The lowest BCUT2D eigenvalue weighted by molar-refractivity contribution is -0.436. The summed E-state index contributed by atoms with van der Waals surface area (Å²) in [7, 11) is 0. The van der Waals surface area contributed by atoms with E-state index in [4.69, 9.17) is 19.2 Å². The van der Waals surface area contributed by atoms with Gasteiger partial charge in [-0.15, -0.1) is 0 Å². The Bertz CT molecular complexity index is 2040. The van der Waals surface area contributed by atoms with Crippen LogP contribution in [-0.4, -0.2) is 35.3 Å². The Labute approximate surface area is 493 Å². The highest BCUT2D eigenvalue weighted by Gasteiger charge is 2.59. The van der Waals surface area contributed by atoms with Crippen LogP contribution in [0.3, 0.4) is 0 Å². The van der Waals surface area contributed by atoms with Gasteiger partial charge < -0.3 is 9.47 Å². The van der Waals surface area contributed by atoms with Gasteiger partial charge in [0.05, 0.1) is 5.60 Å². The molecule has 2 unspecified atom stereocenters. The first-order valence-electron chi connectivity index (χ1n) is 34.7. The number of esters is 1. The van der Waals surface area contributed by atoms with Gasteiger partial charge in [-0.1, -0.05) is 232 Å². The number of rotatable bonds is 38. The molecule has 0 spiro atoms. The van der Waals surface area contributed by atoms with Crippen molar-refractivity contribution in [3.05, 3.63) is 58.2 Å². The maximum Gasteiger partial charge on any atom is 0.306 e. The summed E-state index contributed by atoms with van der Waals surface area (Å²) in [4.78, 5) is 40.2. The second-order valence-electron chi connectivity index (χ2n) is 28.7. The van der Waals surface area contributed by atoms with Gasteiger partial charge in [0.1, 0.15) is 12.2 Å². The van der Waals surface area contributed by atoms with Crippen molar-refractivity contribution < 1.29 is 28.8 Å². The van der Waals surface area contributed by atoms with Crippen LogP contribution >= 0.6 is 0 Å². The Balaban J connectivity index is 0.942. The Kier molecular flexibility index (Phi) is 27.9. The molecule has 5 aliphatic carbocycles. The number of allylic oxidation sites excluding steroid dienone is 6. The summed E-state index contributed by atoms with van der Waals surface area (Å²) in [6.45, 7) is 25.3. The van der Waals surface area contributed by atoms with Gasteiger partial charge in [-0.25, -0.2) is 4.89 Å². The number of hydrogen-bond acceptors (Lipinski definition) is 6. The Hall–Kier alpha value is -2.28. The van der Waals surface area contributed by atoms with Crippen molar-refractivity contribution in [2.24, 2.45) is 46.3 Å². The van der Waals surface area contributed by atoms with Gasteiger partial charge in [0, 0.05) is 29.6 Å². The van der Waals surface area contributed by atoms with E-state index in [0.29, 0.717) is 17.4 Å². The van der Waals surface area contributed by atoms with Crippen molar-refractivity contribution in [3.8, 4) is 0 Å². The number of Topliss-reactive ketones (excluding diaryl/α,β-unsaturated/α-hetero) is 1. The van der Waals surface area contributed by atoms with Gasteiger partial charge in [0.25, 0.3) is 0 Å². The van der Waals surface area contributed by atoms with Crippen molar-refractivity contribution in [1.82, 2.24) is 0 Å². The van der Waals surface area contributed by atoms with Crippen LogP contribution in [0.2, 0.25) is 0 Å². The van der Waals surface area contributed by atoms with Crippen LogP contribution < -0.4 is 0 Å². The fourth-order valence-corrected chi connectivity index (χ4v) is 16.9. The first-order valence-corrected chi connectivity index (χ1v) is 34.7. The molecule has 6 nitrogen and oxygen atoms in total. The minimum atomic E-state index is -1.21. The summed E-state index contributed by atoms with van der Waals surface area (Å²) in [5.41, 5.74) is 5.18. The predicted molar refractivity (Wildman–Crippen MR) is 336 cm³/mol. The molecule has 4 fully saturated rings. The summed E-state index contributed by atoms with van der Waals surface area (Å²) < 4.78 is 13.5. The van der Waals surface area contributed by atoms with Crippen LogP contribution in [0.5, 0.6) is 0 Å². The molecule has 1 saturated heterocycles. The summed E-state index contributed by atoms with van der Waals surface area (Å²) in [6.07, 6.45) is 57.7. The van der Waals surface area contributed by atoms with Crippen LogP contribution in [0.1, 0.15) is 327 Å². The molecule has 6 aliphatic rings. The van der Waals surface area contributed by atoms with E-state index in [1.165, 1.54) is 154 Å². The van der Waals surface area contributed by atoms with Crippen LogP contribution in [0, 0.1) is 46.3 Å². The second kappa shape index (κ2) is 33.4. The number of unbranched alkanes of at least 4 members (excludes halogenated alkanes) is 20. The van der Waals surface area contributed by atoms with E-state index in [1.807, 2.05) is 20.8 Å². The standard InChI is InChI=1S/C74H124O6/c1-12-14-16-18-20-21-22-23-24-25-26-28-33-37-51-71(9)52-49-66-59(7)70(76)58(6)60(8)74(66,79-71)80-78-62(41-34-30-27-19-17-15-13-2)42-35-31-29-32-36-43-69(75)77-63-48-53-72(10)61(55-63)44-45-64-67-47-46-65(57(5)40-38-39-56(3)4)73(67,11)54-50-68(64)72/h27,30,34,41,44,56-57,62-65,67-68H,12-26,28-29,31-33,35-40,42-43,45-55H2,1-11H3/b30-27-,41-34+/t57-,62?,63+,64+,65-,67+,68+,71-,72+,73-,74?/m1/s1. The molecule has 0 bridgehead atoms. The average molecular weight is 1110 g/mol. The monoisotopic (exact) mass is 1110 g/mol. The third-order valence-corrected chi connectivity index (χ3v) is 22.2. The van der Waals surface area contributed by atoms with Gasteiger partial charge >= 0.3 is 5.97 Å². The van der Waals surface area contributed by atoms with E-state index in [0.717, 1.165) is 142 Å². The van der Waals surface area contributed by atoms with Crippen molar-refractivity contribution in [2.75, 3.05) is 0 Å². The number of fused-ring (bicyclic) bond motifs is 6. The zero-order valence-electron chi connectivity index (χ0n) is 54.0. The van der Waals surface area contributed by atoms with Gasteiger partial charge in [0.2, 0.25) is 5.79 Å². The van der Waals surface area contributed by atoms with E-state index < -0.39 is 5.79 Å². The lowest BCUT2D eigenvalue weighted by atomic mass is 9.47. The maximum absolute atomic E-state index is 13.6. The Morgan fingerprint density at radius 2 is 1.34 bits per heavy atom. The number of carbonyl (C=O) groups is 2. The fraction of sp³-hybridized carbons (Fsp3) is 0.838. The van der Waals surface area contributed by atoms with Crippen LogP contribution in [0.25, 0.3) is 0 Å². The van der Waals surface area contributed by atoms with Crippen molar-refractivity contribution in [2.45, 2.75) is 350 Å². The summed E-state index contributed by atoms with van der Waals surface area (Å²) >= 11 is 0. The highest BCUT2D eigenvalue weighted by molar-refractivity contribution is 6.10. The minimum Gasteiger partial charge on any atom is -0.462 e. The largest absolute Gasteiger partial charge is 0.462 e. The molecule has 0 amide bonds. The number of ketones is 1. The molecule has 11 atom stereocenters. The fourth-order valence-electron chi connectivity index (χ4n) is 16.9. The van der Waals surface area contributed by atoms with Gasteiger partial charge in [0.15, 0.2) is 5.78 Å². The quantitative estimate of drug-likeness (QED) is 0.0153. The van der Waals surface area contributed by atoms with E-state index >= 15 is 0 Å². The molecule has 6 rings (SSSR count). The molecule has 3 saturated carbocycles. The highest BCUT2D eigenvalue weighted by atomic mass is 17.2. The van der Waals surface area contributed by atoms with E-state index in [9.17, 15) is 9.59 Å². The summed E-state index contributed by atoms with van der Waals surface area (Å²) in [5.74, 6) is 3.91. The number of carbonyl (C=O) groups excluding carboxylic acids is 2. The molecule has 0 aromatic carbocycles. The molecule has 1 heterocycles. The van der Waals surface area contributed by atoms with Crippen molar-refractivity contribution in [1.29, 1.82) is 0 Å². The zero-order valence-corrected chi connectivity index (χ0v) is 54.0. The van der Waals surface area contributed by atoms with Crippen molar-refractivity contribution >= 4 is 11.8 Å². The third-order valence-electron chi connectivity index (χ3n) is 22.2. The first-order chi connectivity index (χ1) is 38.5. The Morgan fingerprint density at radius 3 is 2.02 bits per heavy atom. The predicted octanol–water partition coefficient (Wildman–Crippen LogP) is 22.1. The molecule has 0 aromatic heterocycles. The van der Waals surface area contributed by atoms with Crippen LogP contribution in [0.15, 0.2) is 58.2 Å². The molecular weight excluding hydrogens is 985 g/mol. The van der Waals surface area contributed by atoms with Gasteiger partial charge in [-0.2, -0.15) is 4.89 Å². The molecule has 456 valence electrons. The van der Waals surface area contributed by atoms with Crippen molar-refractivity contribution in [3.63, 3.8) is 0 Å². The lowest BCUT2D eigenvalue weighted by Crippen LogP contribution is -2.54. The number of hydrogen-bond donors (Lipinski definition) is 0. The van der Waals surface area contributed by atoms with E-state index in [1.54, 1.807) is 5.57 Å². The van der Waals surface area contributed by atoms with Crippen LogP contribution in [-0.2, 0) is 28.8 Å². The molecule has 80 heavy (non-hydrogen) atoms. The molecule has 0 aromatic rings. The van der Waals surface area contributed by atoms with Crippen LogP contribution in [0.4, 0.5) is 0 Å². The normalized spacial score (nSPS) is 30.5. The smallest absolute Gasteiger partial charge is 0.306 e. The molecule has 0 radical (unpaired) electrons. The first kappa shape index (κ1) is 66.9. The van der Waals surface area contributed by atoms with E-state index in [2.05, 4.69) is 85.8 Å². The number of ether oxygens (including phenoxy) is 2. The van der Waals surface area contributed by atoms with Gasteiger partial charge in [-0.05, 0) is 169 Å². The molecule has 0 N–H and O–H groups in total. The lowest BCUT2D eigenvalue weighted by Gasteiger charge is -2.58. The Morgan fingerprint density at radius 1 is 0.688 bits per heavy atom. The van der Waals surface area contributed by atoms with Gasteiger partial charge in [-0.3, -0.25) is 9.59 Å². The average Bonchev–Trinajstić information content (AvgIpc) is 3.81. The second-order valence-corrected chi connectivity index (χ2v) is 28.7. The maximum atomic E-state index is 13.6. The summed E-state index contributed by atoms with van der Waals surface area (Å²) in [5, 5.41) is 0. The SMILES string of the molecule is CCCCC/C=C\C=C\C(CCCCCCCC(=O)O[C@H]1CC[C@@]2(C)C(=CC[C@H]3[C@@H]4CC[C@H]([C@H](C)CCCC(C)C)[C@@]4(C)CC[C@@H]32)C1)OOC12O[C@](C)(CCCCCCCCCCCCCCCC)CCC1=C(C)C(=O)C(C)=C2C. The topological polar surface area (TPSA) is 71.1 Å². The zero-order chi connectivity index (χ0) is 57.6. The third kappa shape index (κ3) is 18.4. The molecule has 1 aliphatic heterocycles.